The third-order valence-electron chi connectivity index (χ3n) is 9.60. The summed E-state index contributed by atoms with van der Waals surface area (Å²) in [5.41, 5.74) is 10.8. The van der Waals surface area contributed by atoms with Crippen LogP contribution in [0.3, 0.4) is 0 Å². The summed E-state index contributed by atoms with van der Waals surface area (Å²) in [7, 11) is 0. The van der Waals surface area contributed by atoms with Crippen LogP contribution in [0.1, 0.15) is 11.1 Å². The molecule has 0 saturated heterocycles. The number of amidine groups is 1. The summed E-state index contributed by atoms with van der Waals surface area (Å²) in [5.74, 6) is 0.651. The van der Waals surface area contributed by atoms with Crippen LogP contribution >= 0.6 is 0 Å². The van der Waals surface area contributed by atoms with Gasteiger partial charge in [0.2, 0.25) is 0 Å². The van der Waals surface area contributed by atoms with E-state index < -0.39 is 0 Å². The Bertz CT molecular complexity index is 2750. The Kier molecular flexibility index (Phi) is 7.37. The summed E-state index contributed by atoms with van der Waals surface area (Å²) < 4.78 is 6.84. The monoisotopic (exact) mass is 640 g/mol. The summed E-state index contributed by atoms with van der Waals surface area (Å²) in [6.45, 7) is 4.26. The number of hydrogen-bond acceptors (Lipinski definition) is 2. The van der Waals surface area contributed by atoms with Crippen LogP contribution in [-0.4, -0.2) is 12.6 Å². The second-order valence-corrected chi connectivity index (χ2v) is 12.6. The molecule has 0 unspecified atom stereocenters. The topological polar surface area (TPSA) is 37.9 Å². The molecule has 9 rings (SSSR count). The molecule has 1 heterocycles. The van der Waals surface area contributed by atoms with Crippen LogP contribution in [-0.2, 0) is 6.54 Å². The molecule has 0 atom stereocenters. The minimum absolute atomic E-state index is 0.526. The normalized spacial score (nSPS) is 11.9. The van der Waals surface area contributed by atoms with E-state index in [0.717, 1.165) is 66.4 Å². The lowest BCUT2D eigenvalue weighted by Crippen LogP contribution is -1.97. The molecule has 0 spiro atoms. The molecule has 0 radical (unpaired) electrons. The van der Waals surface area contributed by atoms with Crippen molar-refractivity contribution in [1.82, 2.24) is 0 Å². The van der Waals surface area contributed by atoms with Gasteiger partial charge >= 0.3 is 0 Å². The molecule has 8 aromatic carbocycles. The molecule has 236 valence electrons. The van der Waals surface area contributed by atoms with Crippen molar-refractivity contribution in [3.63, 3.8) is 0 Å². The van der Waals surface area contributed by atoms with Gasteiger partial charge < -0.3 is 4.42 Å². The Labute approximate surface area is 290 Å². The molecule has 0 N–H and O–H groups in total. The van der Waals surface area contributed by atoms with E-state index in [1.165, 1.54) is 21.5 Å². The van der Waals surface area contributed by atoms with E-state index in [2.05, 4.69) is 151 Å². The van der Waals surface area contributed by atoms with Crippen molar-refractivity contribution in [2.45, 2.75) is 6.54 Å². The SMILES string of the molecule is C=NC(=NCc1cccc(-c2cccc(-c3cccc(-c4cccc5c4oc4c6ccccc6c6ccccc6c54)c3)c2)c1)c1ccccc1. The Morgan fingerprint density at radius 2 is 1.00 bits per heavy atom. The fraction of sp³-hybridized carbons (Fsp3) is 0.0213. The number of rotatable bonds is 6. The van der Waals surface area contributed by atoms with E-state index in [4.69, 9.17) is 9.41 Å². The maximum atomic E-state index is 6.84. The minimum Gasteiger partial charge on any atom is -0.455 e. The van der Waals surface area contributed by atoms with Crippen LogP contribution in [0.15, 0.2) is 184 Å². The average molecular weight is 641 g/mol. The van der Waals surface area contributed by atoms with E-state index in [-0.39, 0.29) is 0 Å². The molecule has 0 aliphatic heterocycles. The standard InChI is InChI=1S/C47H32N2O/c1-48-47(32-14-3-2-4-15-32)49-30-31-13-9-16-33(27-31)34-17-10-18-35(28-34)36-19-11-20-37(29-36)38-25-12-26-43-44-41-23-7-5-21-39(41)40-22-6-8-24-42(40)46(44)50-45(38)43/h2-29H,1,30H2. The van der Waals surface area contributed by atoms with E-state index >= 15 is 0 Å². The summed E-state index contributed by atoms with van der Waals surface area (Å²) >= 11 is 0. The second-order valence-electron chi connectivity index (χ2n) is 12.6. The number of nitrogens with zero attached hydrogens (tertiary/aromatic N) is 2. The lowest BCUT2D eigenvalue weighted by Gasteiger charge is -2.10. The van der Waals surface area contributed by atoms with Crippen molar-refractivity contribution in [3.05, 3.63) is 181 Å². The predicted molar refractivity (Wildman–Crippen MR) is 211 cm³/mol. The molecule has 0 saturated carbocycles. The van der Waals surface area contributed by atoms with Gasteiger partial charge in [-0.2, -0.15) is 0 Å². The molecule has 3 nitrogen and oxygen atoms in total. The first-order valence-corrected chi connectivity index (χ1v) is 16.9. The van der Waals surface area contributed by atoms with Gasteiger partial charge in [-0.15, -0.1) is 0 Å². The highest BCUT2D eigenvalue weighted by Crippen LogP contribution is 2.43. The van der Waals surface area contributed by atoms with E-state index in [1.807, 2.05) is 30.3 Å². The molecule has 0 bridgehead atoms. The zero-order chi connectivity index (χ0) is 33.4. The zero-order valence-corrected chi connectivity index (χ0v) is 27.4. The first kappa shape index (κ1) is 29.6. The van der Waals surface area contributed by atoms with Gasteiger partial charge in [0.05, 0.1) is 6.54 Å². The minimum atomic E-state index is 0.526. The first-order chi connectivity index (χ1) is 24.7. The largest absolute Gasteiger partial charge is 0.455 e. The zero-order valence-electron chi connectivity index (χ0n) is 27.4. The third-order valence-corrected chi connectivity index (χ3v) is 9.60. The average Bonchev–Trinajstić information content (AvgIpc) is 3.59. The molecule has 9 aromatic rings. The van der Waals surface area contributed by atoms with Crippen molar-refractivity contribution in [1.29, 1.82) is 0 Å². The van der Waals surface area contributed by atoms with Crippen LogP contribution in [0.2, 0.25) is 0 Å². The van der Waals surface area contributed by atoms with Crippen LogP contribution in [0.4, 0.5) is 0 Å². The van der Waals surface area contributed by atoms with Gasteiger partial charge in [-0.25, -0.2) is 4.99 Å². The van der Waals surface area contributed by atoms with Crippen LogP contribution < -0.4 is 0 Å². The van der Waals surface area contributed by atoms with Gasteiger partial charge in [0.1, 0.15) is 11.2 Å². The quantitative estimate of drug-likeness (QED) is 0.101. The molecule has 0 fully saturated rings. The Hall–Kier alpha value is -6.58. The fourth-order valence-electron chi connectivity index (χ4n) is 7.24. The maximum absolute atomic E-state index is 6.84. The van der Waals surface area contributed by atoms with E-state index in [1.54, 1.807) is 0 Å². The summed E-state index contributed by atoms with van der Waals surface area (Å²) in [6.07, 6.45) is 0. The number of para-hydroxylation sites is 1. The van der Waals surface area contributed by atoms with Crippen molar-refractivity contribution >= 4 is 56.0 Å². The van der Waals surface area contributed by atoms with Crippen molar-refractivity contribution in [2.75, 3.05) is 0 Å². The number of furan rings is 1. The van der Waals surface area contributed by atoms with E-state index in [0.29, 0.717) is 12.4 Å². The highest BCUT2D eigenvalue weighted by Gasteiger charge is 2.18. The summed E-state index contributed by atoms with van der Waals surface area (Å²) in [4.78, 5) is 8.94. The first-order valence-electron chi connectivity index (χ1n) is 16.9. The highest BCUT2D eigenvalue weighted by atomic mass is 16.3. The van der Waals surface area contributed by atoms with E-state index in [9.17, 15) is 0 Å². The van der Waals surface area contributed by atoms with Crippen LogP contribution in [0.5, 0.6) is 0 Å². The molecule has 0 aliphatic rings. The molecular formula is C47H32N2O. The second kappa shape index (κ2) is 12.5. The Morgan fingerprint density at radius 1 is 0.460 bits per heavy atom. The van der Waals surface area contributed by atoms with Gasteiger partial charge in [-0.05, 0) is 74.5 Å². The van der Waals surface area contributed by atoms with Crippen molar-refractivity contribution < 1.29 is 4.42 Å². The predicted octanol–water partition coefficient (Wildman–Crippen LogP) is 12.5. The van der Waals surface area contributed by atoms with Crippen LogP contribution in [0, 0.1) is 0 Å². The molecule has 0 aliphatic carbocycles. The van der Waals surface area contributed by atoms with Gasteiger partial charge in [-0.3, -0.25) is 4.99 Å². The van der Waals surface area contributed by atoms with Crippen molar-refractivity contribution in [2.24, 2.45) is 9.98 Å². The number of fused-ring (bicyclic) bond motifs is 8. The molecular weight excluding hydrogens is 609 g/mol. The van der Waals surface area contributed by atoms with Crippen LogP contribution in [0.25, 0.3) is 76.9 Å². The number of benzene rings is 8. The maximum Gasteiger partial charge on any atom is 0.154 e. The third kappa shape index (κ3) is 5.17. The lowest BCUT2D eigenvalue weighted by atomic mass is 9.94. The lowest BCUT2D eigenvalue weighted by molar-refractivity contribution is 0.674. The Balaban J connectivity index is 1.09. The summed E-state index contributed by atoms with van der Waals surface area (Å²) in [5, 5.41) is 7.11. The highest BCUT2D eigenvalue weighted by molar-refractivity contribution is 6.31. The van der Waals surface area contributed by atoms with Gasteiger partial charge in [-0.1, -0.05) is 152 Å². The molecule has 0 amide bonds. The van der Waals surface area contributed by atoms with Gasteiger partial charge in [0.15, 0.2) is 5.84 Å². The molecule has 50 heavy (non-hydrogen) atoms. The fourth-order valence-corrected chi connectivity index (χ4v) is 7.24. The number of hydrogen-bond donors (Lipinski definition) is 0. The number of aliphatic imine (C=N–C) groups is 2. The van der Waals surface area contributed by atoms with Gasteiger partial charge in [0.25, 0.3) is 0 Å². The molecule has 3 heteroatoms. The van der Waals surface area contributed by atoms with Gasteiger partial charge in [0, 0.05) is 27.3 Å². The Morgan fingerprint density at radius 3 is 1.72 bits per heavy atom. The smallest absolute Gasteiger partial charge is 0.154 e. The van der Waals surface area contributed by atoms with Crippen molar-refractivity contribution in [3.8, 4) is 33.4 Å². The molecule has 1 aromatic heterocycles. The summed E-state index contributed by atoms with van der Waals surface area (Å²) in [6, 6.07) is 59.8.